The minimum Gasteiger partial charge on any atom is -0.493 e. The molecule has 152 valence electrons. The molecule has 0 aromatic heterocycles. The molecule has 0 radical (unpaired) electrons. The van der Waals surface area contributed by atoms with Crippen LogP contribution in [0.3, 0.4) is 0 Å². The Labute approximate surface area is 197 Å². The number of benzene rings is 3. The highest BCUT2D eigenvalue weighted by molar-refractivity contribution is 9.10. The normalized spacial score (nSPS) is 10.7. The van der Waals surface area contributed by atoms with Crippen molar-refractivity contribution in [1.29, 1.82) is 0 Å². The standard InChI is InChI=1S/C21H16BrCl4NO2/c1-28-20-8-13(10-27-14-3-5-17(24)19(26)9-14)6-15(22)21(20)29-11-12-2-4-16(23)18(25)7-12/h2-9,27H,10-11H2,1H3. The molecule has 1 N–H and O–H groups in total. The summed E-state index contributed by atoms with van der Waals surface area (Å²) in [4.78, 5) is 0. The average molecular weight is 536 g/mol. The van der Waals surface area contributed by atoms with Crippen LogP contribution in [0.25, 0.3) is 0 Å². The highest BCUT2D eigenvalue weighted by Crippen LogP contribution is 2.38. The van der Waals surface area contributed by atoms with Crippen LogP contribution < -0.4 is 14.8 Å². The predicted molar refractivity (Wildman–Crippen MR) is 125 cm³/mol. The number of nitrogens with one attached hydrogen (secondary N) is 1. The molecule has 0 aliphatic carbocycles. The van der Waals surface area contributed by atoms with Gasteiger partial charge in [-0.2, -0.15) is 0 Å². The molecule has 3 rings (SSSR count). The molecule has 0 spiro atoms. The molecule has 0 atom stereocenters. The second-order valence-corrected chi connectivity index (χ2v) is 8.61. The van der Waals surface area contributed by atoms with Crippen LogP contribution in [0, 0.1) is 0 Å². The van der Waals surface area contributed by atoms with Crippen molar-refractivity contribution in [2.75, 3.05) is 12.4 Å². The summed E-state index contributed by atoms with van der Waals surface area (Å²) in [5, 5.41) is 5.32. The number of rotatable bonds is 7. The minimum atomic E-state index is 0.326. The molecule has 3 nitrogen and oxygen atoms in total. The maximum absolute atomic E-state index is 6.07. The van der Waals surface area contributed by atoms with Gasteiger partial charge in [-0.05, 0) is 69.5 Å². The fraction of sp³-hybridized carbons (Fsp3) is 0.143. The highest BCUT2D eigenvalue weighted by Gasteiger charge is 2.13. The fourth-order valence-corrected chi connectivity index (χ4v) is 3.83. The van der Waals surface area contributed by atoms with E-state index in [4.69, 9.17) is 55.9 Å². The molecule has 0 saturated heterocycles. The van der Waals surface area contributed by atoms with E-state index in [1.165, 1.54) is 0 Å². The Morgan fingerprint density at radius 3 is 2.17 bits per heavy atom. The van der Waals surface area contributed by atoms with Gasteiger partial charge in [-0.3, -0.25) is 0 Å². The van der Waals surface area contributed by atoms with Crippen molar-refractivity contribution >= 4 is 68.0 Å². The fourth-order valence-electron chi connectivity index (χ4n) is 2.61. The molecule has 0 aliphatic rings. The Bertz CT molecular complexity index is 1030. The van der Waals surface area contributed by atoms with Gasteiger partial charge in [0, 0.05) is 12.2 Å². The summed E-state index contributed by atoms with van der Waals surface area (Å²) in [7, 11) is 1.60. The third-order valence-electron chi connectivity index (χ3n) is 4.07. The summed E-state index contributed by atoms with van der Waals surface area (Å²) in [6, 6.07) is 14.7. The summed E-state index contributed by atoms with van der Waals surface area (Å²) in [6.45, 7) is 0.896. The Hall–Kier alpha value is -1.30. The van der Waals surface area contributed by atoms with Gasteiger partial charge in [0.15, 0.2) is 11.5 Å². The maximum atomic E-state index is 6.07. The van der Waals surface area contributed by atoms with Crippen molar-refractivity contribution in [3.05, 3.63) is 84.2 Å². The second kappa shape index (κ2) is 10.1. The van der Waals surface area contributed by atoms with Gasteiger partial charge in [0.2, 0.25) is 0 Å². The zero-order valence-corrected chi connectivity index (χ0v) is 19.8. The van der Waals surface area contributed by atoms with Gasteiger partial charge in [-0.25, -0.2) is 0 Å². The molecule has 0 aliphatic heterocycles. The van der Waals surface area contributed by atoms with E-state index in [9.17, 15) is 0 Å². The molecule has 0 heterocycles. The van der Waals surface area contributed by atoms with Gasteiger partial charge >= 0.3 is 0 Å². The van der Waals surface area contributed by atoms with E-state index < -0.39 is 0 Å². The lowest BCUT2D eigenvalue weighted by molar-refractivity contribution is 0.282. The third kappa shape index (κ3) is 5.87. The lowest BCUT2D eigenvalue weighted by Gasteiger charge is -2.15. The number of halogens is 5. The Morgan fingerprint density at radius 1 is 0.828 bits per heavy atom. The van der Waals surface area contributed by atoms with Gasteiger partial charge in [0.25, 0.3) is 0 Å². The molecule has 0 unspecified atom stereocenters. The Morgan fingerprint density at radius 2 is 1.52 bits per heavy atom. The summed E-state index contributed by atoms with van der Waals surface area (Å²) in [5.41, 5.74) is 2.77. The average Bonchev–Trinajstić information content (AvgIpc) is 2.70. The van der Waals surface area contributed by atoms with Gasteiger partial charge in [0.1, 0.15) is 6.61 Å². The zero-order valence-electron chi connectivity index (χ0n) is 15.2. The van der Waals surface area contributed by atoms with Crippen LogP contribution in [0.1, 0.15) is 11.1 Å². The van der Waals surface area contributed by atoms with Crippen LogP contribution in [0.15, 0.2) is 53.0 Å². The monoisotopic (exact) mass is 533 g/mol. The lowest BCUT2D eigenvalue weighted by atomic mass is 10.2. The van der Waals surface area contributed by atoms with E-state index in [1.54, 1.807) is 31.4 Å². The molecule has 29 heavy (non-hydrogen) atoms. The second-order valence-electron chi connectivity index (χ2n) is 6.13. The van der Waals surface area contributed by atoms with Crippen molar-refractivity contribution in [2.24, 2.45) is 0 Å². The molecule has 3 aromatic carbocycles. The van der Waals surface area contributed by atoms with Gasteiger partial charge in [0.05, 0.1) is 31.7 Å². The van der Waals surface area contributed by atoms with E-state index in [1.807, 2.05) is 24.3 Å². The summed E-state index contributed by atoms with van der Waals surface area (Å²) in [5.74, 6) is 1.22. The third-order valence-corrected chi connectivity index (χ3v) is 6.14. The highest BCUT2D eigenvalue weighted by atomic mass is 79.9. The van der Waals surface area contributed by atoms with E-state index in [-0.39, 0.29) is 0 Å². The molecular formula is C21H16BrCl4NO2. The van der Waals surface area contributed by atoms with E-state index in [0.717, 1.165) is 21.3 Å². The first-order chi connectivity index (χ1) is 13.9. The summed E-state index contributed by atoms with van der Waals surface area (Å²) < 4.78 is 12.3. The quantitative estimate of drug-likeness (QED) is 0.330. The molecular weight excluding hydrogens is 520 g/mol. The van der Waals surface area contributed by atoms with Crippen LogP contribution in [-0.2, 0) is 13.2 Å². The van der Waals surface area contributed by atoms with E-state index in [2.05, 4.69) is 21.2 Å². The van der Waals surface area contributed by atoms with Crippen molar-refractivity contribution in [3.63, 3.8) is 0 Å². The number of anilines is 1. The number of ether oxygens (including phenoxy) is 2. The molecule has 0 bridgehead atoms. The first kappa shape index (κ1) is 22.4. The minimum absolute atomic E-state index is 0.326. The van der Waals surface area contributed by atoms with Crippen molar-refractivity contribution in [3.8, 4) is 11.5 Å². The Kier molecular flexibility index (Phi) is 7.83. The van der Waals surface area contributed by atoms with E-state index >= 15 is 0 Å². The van der Waals surface area contributed by atoms with Gasteiger partial charge in [-0.15, -0.1) is 0 Å². The first-order valence-corrected chi connectivity index (χ1v) is 10.8. The van der Waals surface area contributed by atoms with Crippen LogP contribution in [0.2, 0.25) is 20.1 Å². The van der Waals surface area contributed by atoms with Crippen molar-refractivity contribution < 1.29 is 9.47 Å². The summed E-state index contributed by atoms with van der Waals surface area (Å²) in [6.07, 6.45) is 0. The SMILES string of the molecule is COc1cc(CNc2ccc(Cl)c(Cl)c2)cc(Br)c1OCc1ccc(Cl)c(Cl)c1. The maximum Gasteiger partial charge on any atom is 0.175 e. The lowest BCUT2D eigenvalue weighted by Crippen LogP contribution is -2.03. The van der Waals surface area contributed by atoms with Crippen LogP contribution in [0.4, 0.5) is 5.69 Å². The predicted octanol–water partition coefficient (Wildman–Crippen LogP) is 8.26. The first-order valence-electron chi connectivity index (χ1n) is 8.49. The molecule has 0 amide bonds. The zero-order chi connectivity index (χ0) is 21.0. The Balaban J connectivity index is 1.72. The largest absolute Gasteiger partial charge is 0.493 e. The smallest absolute Gasteiger partial charge is 0.175 e. The van der Waals surface area contributed by atoms with E-state index in [0.29, 0.717) is 44.7 Å². The molecule has 0 saturated carbocycles. The number of hydrogen-bond donors (Lipinski definition) is 1. The van der Waals surface area contributed by atoms with Crippen LogP contribution in [-0.4, -0.2) is 7.11 Å². The molecule has 3 aromatic rings. The van der Waals surface area contributed by atoms with Gasteiger partial charge in [-0.1, -0.05) is 52.5 Å². The molecule has 8 heteroatoms. The van der Waals surface area contributed by atoms with Gasteiger partial charge < -0.3 is 14.8 Å². The summed E-state index contributed by atoms with van der Waals surface area (Å²) >= 11 is 27.6. The van der Waals surface area contributed by atoms with Crippen LogP contribution >= 0.6 is 62.3 Å². The number of methoxy groups -OCH3 is 1. The topological polar surface area (TPSA) is 30.5 Å². The van der Waals surface area contributed by atoms with Crippen molar-refractivity contribution in [2.45, 2.75) is 13.2 Å². The van der Waals surface area contributed by atoms with Crippen molar-refractivity contribution in [1.82, 2.24) is 0 Å². The number of hydrogen-bond acceptors (Lipinski definition) is 3. The molecule has 0 fully saturated rings. The van der Waals surface area contributed by atoms with Crippen LogP contribution in [0.5, 0.6) is 11.5 Å².